The lowest BCUT2D eigenvalue weighted by atomic mass is 9.93. The standard InChI is InChI=1S/C32H45ClFN3O6/c1-32(2,3)43-31(39)37(4)28(15-23-9-7-12-41-21-23)20-35-19-22-8-6-10-24(14-22)29(42-13-11-36-30(38)40-5)25-16-26(33)18-27(34)17-25/h6,8,10,14,16-18,23,28-29,35H,7,9,11-13,15,19-21H2,1-5H3,(H,36,38). The van der Waals surface area contributed by atoms with Crippen molar-refractivity contribution in [3.8, 4) is 0 Å². The van der Waals surface area contributed by atoms with Crippen LogP contribution < -0.4 is 10.6 Å². The van der Waals surface area contributed by atoms with Gasteiger partial charge in [-0.25, -0.2) is 14.0 Å². The van der Waals surface area contributed by atoms with Crippen LogP contribution >= 0.6 is 11.6 Å². The van der Waals surface area contributed by atoms with Crippen LogP contribution in [0, 0.1) is 11.7 Å². The number of methoxy groups -OCH3 is 1. The quantitative estimate of drug-likeness (QED) is 0.262. The first-order valence-corrected chi connectivity index (χ1v) is 15.1. The van der Waals surface area contributed by atoms with Gasteiger partial charge in [-0.1, -0.05) is 35.9 Å². The molecule has 43 heavy (non-hydrogen) atoms. The number of halogens is 2. The second-order valence-electron chi connectivity index (χ2n) is 11.8. The Morgan fingerprint density at radius 3 is 2.65 bits per heavy atom. The summed E-state index contributed by atoms with van der Waals surface area (Å²) in [6.45, 7) is 8.54. The van der Waals surface area contributed by atoms with Gasteiger partial charge in [0.25, 0.3) is 0 Å². The second-order valence-corrected chi connectivity index (χ2v) is 12.2. The number of benzene rings is 2. The molecule has 0 aromatic heterocycles. The van der Waals surface area contributed by atoms with E-state index in [2.05, 4.69) is 15.4 Å². The van der Waals surface area contributed by atoms with Crippen LogP contribution in [-0.4, -0.2) is 75.8 Å². The van der Waals surface area contributed by atoms with Gasteiger partial charge in [-0.05, 0) is 80.8 Å². The zero-order chi connectivity index (χ0) is 31.4. The van der Waals surface area contributed by atoms with Crippen LogP contribution in [0.2, 0.25) is 5.02 Å². The van der Waals surface area contributed by atoms with E-state index in [1.807, 2.05) is 45.0 Å². The molecular weight excluding hydrogens is 577 g/mol. The molecule has 11 heteroatoms. The molecule has 2 aromatic rings. The fourth-order valence-electron chi connectivity index (χ4n) is 5.00. The van der Waals surface area contributed by atoms with Crippen molar-refractivity contribution in [3.05, 3.63) is 70.0 Å². The molecule has 0 spiro atoms. The first-order chi connectivity index (χ1) is 20.4. The fourth-order valence-corrected chi connectivity index (χ4v) is 5.23. The molecule has 238 valence electrons. The summed E-state index contributed by atoms with van der Waals surface area (Å²) < 4.78 is 36.3. The Bertz CT molecular complexity index is 1170. The van der Waals surface area contributed by atoms with Crippen LogP contribution in [0.4, 0.5) is 14.0 Å². The number of hydrogen-bond acceptors (Lipinski definition) is 7. The maximum Gasteiger partial charge on any atom is 0.410 e. The van der Waals surface area contributed by atoms with Crippen LogP contribution in [0.25, 0.3) is 0 Å². The van der Waals surface area contributed by atoms with Crippen molar-refractivity contribution >= 4 is 23.8 Å². The van der Waals surface area contributed by atoms with Gasteiger partial charge in [0.2, 0.25) is 0 Å². The summed E-state index contributed by atoms with van der Waals surface area (Å²) in [7, 11) is 3.07. The Labute approximate surface area is 259 Å². The van der Waals surface area contributed by atoms with Crippen molar-refractivity contribution < 1.29 is 32.9 Å². The van der Waals surface area contributed by atoms with Gasteiger partial charge in [0, 0.05) is 51.0 Å². The number of rotatable bonds is 13. The lowest BCUT2D eigenvalue weighted by Gasteiger charge is -2.34. The first kappa shape index (κ1) is 34.6. The van der Waals surface area contributed by atoms with Crippen LogP contribution in [0.1, 0.15) is 62.8 Å². The molecule has 3 unspecified atom stereocenters. The zero-order valence-corrected chi connectivity index (χ0v) is 26.5. The van der Waals surface area contributed by atoms with Gasteiger partial charge < -0.3 is 34.5 Å². The van der Waals surface area contributed by atoms with E-state index in [9.17, 15) is 14.0 Å². The minimum absolute atomic E-state index is 0.0856. The van der Waals surface area contributed by atoms with Gasteiger partial charge in [-0.2, -0.15) is 0 Å². The number of hydrogen-bond donors (Lipinski definition) is 2. The Balaban J connectivity index is 1.71. The number of likely N-dealkylation sites (N-methyl/N-ethyl adjacent to an activating group) is 1. The predicted octanol–water partition coefficient (Wildman–Crippen LogP) is 6.08. The van der Waals surface area contributed by atoms with Crippen molar-refractivity contribution in [2.45, 2.75) is 64.3 Å². The summed E-state index contributed by atoms with van der Waals surface area (Å²) in [5.74, 6) is -0.0939. The number of nitrogens with one attached hydrogen (secondary N) is 2. The molecule has 0 radical (unpaired) electrons. The summed E-state index contributed by atoms with van der Waals surface area (Å²) in [4.78, 5) is 26.0. The third kappa shape index (κ3) is 11.9. The van der Waals surface area contributed by atoms with Crippen LogP contribution in [0.15, 0.2) is 42.5 Å². The summed E-state index contributed by atoms with van der Waals surface area (Å²) in [5, 5.41) is 6.35. The molecule has 3 atom stereocenters. The molecule has 3 rings (SSSR count). The first-order valence-electron chi connectivity index (χ1n) is 14.7. The van der Waals surface area contributed by atoms with E-state index in [-0.39, 0.29) is 30.3 Å². The summed E-state index contributed by atoms with van der Waals surface area (Å²) in [5.41, 5.74) is 1.76. The molecule has 1 saturated heterocycles. The molecule has 0 saturated carbocycles. The van der Waals surface area contributed by atoms with E-state index in [1.165, 1.54) is 19.2 Å². The number of alkyl carbamates (subject to hydrolysis) is 1. The largest absolute Gasteiger partial charge is 0.453 e. The third-order valence-electron chi connectivity index (χ3n) is 7.08. The molecule has 0 aliphatic carbocycles. The van der Waals surface area contributed by atoms with Crippen molar-refractivity contribution in [3.63, 3.8) is 0 Å². The van der Waals surface area contributed by atoms with E-state index in [0.29, 0.717) is 31.2 Å². The summed E-state index contributed by atoms with van der Waals surface area (Å²) in [6.07, 6.45) is 1.36. The highest BCUT2D eigenvalue weighted by molar-refractivity contribution is 6.30. The zero-order valence-electron chi connectivity index (χ0n) is 25.8. The number of ether oxygens (including phenoxy) is 4. The third-order valence-corrected chi connectivity index (χ3v) is 7.30. The average molecular weight is 622 g/mol. The van der Waals surface area contributed by atoms with Gasteiger partial charge in [-0.15, -0.1) is 0 Å². The highest BCUT2D eigenvalue weighted by atomic mass is 35.5. The molecule has 1 aliphatic rings. The van der Waals surface area contributed by atoms with Crippen LogP contribution in [0.3, 0.4) is 0 Å². The number of carbonyl (C=O) groups excluding carboxylic acids is 2. The number of amides is 2. The number of carbonyl (C=O) groups is 2. The van der Waals surface area contributed by atoms with E-state index >= 15 is 0 Å². The minimum atomic E-state index is -0.620. The van der Waals surface area contributed by atoms with Gasteiger partial charge >= 0.3 is 12.2 Å². The molecule has 0 bridgehead atoms. The topological polar surface area (TPSA) is 98.4 Å². The fraction of sp³-hybridized carbons (Fsp3) is 0.562. The van der Waals surface area contributed by atoms with E-state index in [4.69, 9.17) is 25.8 Å². The molecule has 2 N–H and O–H groups in total. The maximum absolute atomic E-state index is 14.3. The molecule has 1 fully saturated rings. The molecule has 2 aromatic carbocycles. The summed E-state index contributed by atoms with van der Waals surface area (Å²) >= 11 is 6.16. The Hall–Kier alpha value is -2.92. The van der Waals surface area contributed by atoms with Crippen LogP contribution in [-0.2, 0) is 25.5 Å². The number of nitrogens with zero attached hydrogens (tertiary/aromatic N) is 1. The molecule has 1 heterocycles. The van der Waals surface area contributed by atoms with E-state index in [0.717, 1.165) is 37.0 Å². The highest BCUT2D eigenvalue weighted by Gasteiger charge is 2.28. The summed E-state index contributed by atoms with van der Waals surface area (Å²) in [6, 6.07) is 12.0. The molecular formula is C32H45ClFN3O6. The smallest absolute Gasteiger partial charge is 0.410 e. The minimum Gasteiger partial charge on any atom is -0.453 e. The van der Waals surface area contributed by atoms with E-state index < -0.39 is 23.6 Å². The van der Waals surface area contributed by atoms with E-state index in [1.54, 1.807) is 18.0 Å². The van der Waals surface area contributed by atoms with Gasteiger partial charge in [0.15, 0.2) is 0 Å². The Morgan fingerprint density at radius 1 is 1.19 bits per heavy atom. The normalized spacial score (nSPS) is 16.7. The highest BCUT2D eigenvalue weighted by Crippen LogP contribution is 2.30. The van der Waals surface area contributed by atoms with Gasteiger partial charge in [0.1, 0.15) is 17.5 Å². The Kier molecular flexibility index (Phi) is 13.5. The van der Waals surface area contributed by atoms with Gasteiger partial charge in [0.05, 0.1) is 13.7 Å². The Morgan fingerprint density at radius 2 is 1.98 bits per heavy atom. The van der Waals surface area contributed by atoms with Crippen LogP contribution in [0.5, 0.6) is 0 Å². The lowest BCUT2D eigenvalue weighted by molar-refractivity contribution is 0.0113. The molecule has 9 nitrogen and oxygen atoms in total. The second kappa shape index (κ2) is 16.8. The van der Waals surface area contributed by atoms with Crippen molar-refractivity contribution in [1.82, 2.24) is 15.5 Å². The van der Waals surface area contributed by atoms with Crippen molar-refractivity contribution in [2.75, 3.05) is 47.1 Å². The van der Waals surface area contributed by atoms with Crippen molar-refractivity contribution in [2.24, 2.45) is 5.92 Å². The van der Waals surface area contributed by atoms with Gasteiger partial charge in [-0.3, -0.25) is 0 Å². The SMILES string of the molecule is COC(=O)NCCOC(c1cc(F)cc(Cl)c1)c1cccc(CNCC(CC2CCCOC2)N(C)C(=O)OC(C)(C)C)c1. The molecule has 2 amide bonds. The predicted molar refractivity (Wildman–Crippen MR) is 164 cm³/mol. The average Bonchev–Trinajstić information content (AvgIpc) is 2.95. The maximum atomic E-state index is 14.3. The monoisotopic (exact) mass is 621 g/mol. The van der Waals surface area contributed by atoms with Crippen molar-refractivity contribution in [1.29, 1.82) is 0 Å². The molecule has 1 aliphatic heterocycles. The lowest BCUT2D eigenvalue weighted by Crippen LogP contribution is -2.46.